The predicted octanol–water partition coefficient (Wildman–Crippen LogP) is 1.17. The minimum absolute atomic E-state index is 0.0186. The molecule has 0 fully saturated rings. The van der Waals surface area contributed by atoms with Crippen molar-refractivity contribution in [2.75, 3.05) is 6.61 Å². The summed E-state index contributed by atoms with van der Waals surface area (Å²) in [5.74, 6) is 0.749. The lowest BCUT2D eigenvalue weighted by Crippen LogP contribution is -2.23. The first kappa shape index (κ1) is 10.2. The van der Waals surface area contributed by atoms with Gasteiger partial charge in [-0.05, 0) is 20.8 Å². The van der Waals surface area contributed by atoms with E-state index < -0.39 is 5.60 Å². The van der Waals surface area contributed by atoms with Crippen molar-refractivity contribution in [2.24, 2.45) is 0 Å². The molecule has 1 rings (SSSR count). The summed E-state index contributed by atoms with van der Waals surface area (Å²) in [5.41, 5.74) is 0.296. The maximum atomic E-state index is 8.83. The highest BCUT2D eigenvalue weighted by Gasteiger charge is 2.23. The summed E-state index contributed by atoms with van der Waals surface area (Å²) in [4.78, 5) is 7.14. The summed E-state index contributed by atoms with van der Waals surface area (Å²) in [6.45, 7) is 6.45. The minimum atomic E-state index is -0.415. The number of ether oxygens (including phenoxy) is 1. The van der Waals surface area contributed by atoms with E-state index in [-0.39, 0.29) is 6.61 Å². The van der Waals surface area contributed by atoms with Gasteiger partial charge in [-0.15, -0.1) is 0 Å². The highest BCUT2D eigenvalue weighted by atomic mass is 16.5. The Balaban J connectivity index is 2.80. The lowest BCUT2D eigenvalue weighted by Gasteiger charge is -2.21. The Morgan fingerprint density at radius 1 is 1.62 bits per heavy atom. The molecule has 0 unspecified atom stereocenters. The van der Waals surface area contributed by atoms with Gasteiger partial charge < -0.3 is 14.8 Å². The molecule has 0 radical (unpaired) electrons. The predicted molar refractivity (Wildman–Crippen MR) is 49.2 cm³/mol. The number of aromatic nitrogens is 2. The zero-order valence-electron chi connectivity index (χ0n) is 8.29. The van der Waals surface area contributed by atoms with Gasteiger partial charge in [-0.3, -0.25) is 0 Å². The largest absolute Gasteiger partial charge is 0.390 e. The molecule has 4 nitrogen and oxygen atoms in total. The van der Waals surface area contributed by atoms with Crippen molar-refractivity contribution in [3.8, 4) is 0 Å². The van der Waals surface area contributed by atoms with Gasteiger partial charge in [0.05, 0.1) is 18.5 Å². The highest BCUT2D eigenvalue weighted by molar-refractivity contribution is 5.05. The number of H-pyrrole nitrogens is 1. The van der Waals surface area contributed by atoms with Gasteiger partial charge in [0.2, 0.25) is 0 Å². The van der Waals surface area contributed by atoms with Crippen LogP contribution in [0.4, 0.5) is 0 Å². The van der Waals surface area contributed by atoms with Crippen LogP contribution in [0.2, 0.25) is 0 Å². The molecule has 0 aliphatic rings. The van der Waals surface area contributed by atoms with Crippen LogP contribution in [0, 0.1) is 0 Å². The molecule has 4 heteroatoms. The van der Waals surface area contributed by atoms with Crippen LogP contribution in [0.5, 0.6) is 0 Å². The third-order valence-electron chi connectivity index (χ3n) is 1.87. The normalized spacial score (nSPS) is 12.0. The second-order valence-electron chi connectivity index (χ2n) is 3.36. The SMILES string of the molecule is CCOC(C)(C)c1ncc(CO)[nH]1. The molecule has 0 atom stereocenters. The number of aromatic amines is 1. The topological polar surface area (TPSA) is 58.1 Å². The van der Waals surface area contributed by atoms with E-state index in [1.165, 1.54) is 0 Å². The molecule has 2 N–H and O–H groups in total. The molecule has 0 saturated heterocycles. The summed E-state index contributed by atoms with van der Waals surface area (Å²) in [7, 11) is 0. The first-order chi connectivity index (χ1) is 6.10. The van der Waals surface area contributed by atoms with Crippen LogP contribution >= 0.6 is 0 Å². The number of aliphatic hydroxyl groups is 1. The number of aliphatic hydroxyl groups excluding tert-OH is 1. The van der Waals surface area contributed by atoms with Gasteiger partial charge in [0.1, 0.15) is 11.4 Å². The molecule has 1 aromatic heterocycles. The Hall–Kier alpha value is -0.870. The van der Waals surface area contributed by atoms with Crippen LogP contribution in [0.15, 0.2) is 6.20 Å². The fraction of sp³-hybridized carbons (Fsp3) is 0.667. The minimum Gasteiger partial charge on any atom is -0.390 e. The Labute approximate surface area is 78.0 Å². The standard InChI is InChI=1S/C9H16N2O2/c1-4-13-9(2,3)8-10-5-7(6-12)11-8/h5,12H,4,6H2,1-3H3,(H,10,11). The van der Waals surface area contributed by atoms with Crippen molar-refractivity contribution < 1.29 is 9.84 Å². The van der Waals surface area contributed by atoms with Gasteiger partial charge in [-0.1, -0.05) is 0 Å². The Morgan fingerprint density at radius 2 is 2.31 bits per heavy atom. The number of hydrogen-bond acceptors (Lipinski definition) is 3. The molecule has 74 valence electrons. The van der Waals surface area contributed by atoms with Gasteiger partial charge in [0.25, 0.3) is 0 Å². The van der Waals surface area contributed by atoms with E-state index in [1.807, 2.05) is 20.8 Å². The number of nitrogens with one attached hydrogen (secondary N) is 1. The lowest BCUT2D eigenvalue weighted by molar-refractivity contribution is -0.0203. The van der Waals surface area contributed by atoms with E-state index in [4.69, 9.17) is 9.84 Å². The fourth-order valence-corrected chi connectivity index (χ4v) is 1.17. The van der Waals surface area contributed by atoms with Crippen LogP contribution in [0.3, 0.4) is 0 Å². The zero-order valence-corrected chi connectivity index (χ0v) is 8.29. The third-order valence-corrected chi connectivity index (χ3v) is 1.87. The summed E-state index contributed by atoms with van der Waals surface area (Å²) in [5, 5.41) is 8.83. The van der Waals surface area contributed by atoms with E-state index >= 15 is 0 Å². The van der Waals surface area contributed by atoms with Crippen molar-refractivity contribution in [1.82, 2.24) is 9.97 Å². The molecule has 0 bridgehead atoms. The number of rotatable bonds is 4. The second kappa shape index (κ2) is 3.89. The Kier molecular flexibility index (Phi) is 3.06. The van der Waals surface area contributed by atoms with E-state index in [0.717, 1.165) is 5.82 Å². The molecule has 0 saturated carbocycles. The molecule has 0 aliphatic carbocycles. The molecule has 1 aromatic rings. The van der Waals surface area contributed by atoms with Crippen molar-refractivity contribution >= 4 is 0 Å². The molecular weight excluding hydrogens is 168 g/mol. The Bertz CT molecular complexity index is 268. The number of hydrogen-bond donors (Lipinski definition) is 2. The summed E-state index contributed by atoms with van der Waals surface area (Å²) in [6.07, 6.45) is 1.62. The van der Waals surface area contributed by atoms with Crippen molar-refractivity contribution in [3.05, 3.63) is 17.7 Å². The average molecular weight is 184 g/mol. The first-order valence-corrected chi connectivity index (χ1v) is 4.39. The maximum absolute atomic E-state index is 8.83. The number of imidazole rings is 1. The summed E-state index contributed by atoms with van der Waals surface area (Å²) < 4.78 is 5.50. The fourth-order valence-electron chi connectivity index (χ4n) is 1.17. The van der Waals surface area contributed by atoms with Gasteiger partial charge in [-0.25, -0.2) is 4.98 Å². The van der Waals surface area contributed by atoms with E-state index in [1.54, 1.807) is 6.20 Å². The zero-order chi connectivity index (χ0) is 9.90. The molecular formula is C9H16N2O2. The smallest absolute Gasteiger partial charge is 0.138 e. The van der Waals surface area contributed by atoms with E-state index in [9.17, 15) is 0 Å². The van der Waals surface area contributed by atoms with Crippen LogP contribution in [0.1, 0.15) is 32.3 Å². The van der Waals surface area contributed by atoms with E-state index in [0.29, 0.717) is 12.3 Å². The van der Waals surface area contributed by atoms with Gasteiger partial charge >= 0.3 is 0 Å². The summed E-state index contributed by atoms with van der Waals surface area (Å²) >= 11 is 0. The molecule has 13 heavy (non-hydrogen) atoms. The molecule has 1 heterocycles. The molecule has 0 aromatic carbocycles. The highest BCUT2D eigenvalue weighted by Crippen LogP contribution is 2.21. The van der Waals surface area contributed by atoms with Crippen molar-refractivity contribution in [3.63, 3.8) is 0 Å². The van der Waals surface area contributed by atoms with Crippen LogP contribution in [0.25, 0.3) is 0 Å². The lowest BCUT2D eigenvalue weighted by atomic mass is 10.1. The second-order valence-corrected chi connectivity index (χ2v) is 3.36. The quantitative estimate of drug-likeness (QED) is 0.738. The molecule has 0 spiro atoms. The van der Waals surface area contributed by atoms with Crippen molar-refractivity contribution in [2.45, 2.75) is 33.0 Å². The van der Waals surface area contributed by atoms with Gasteiger partial charge in [-0.2, -0.15) is 0 Å². The van der Waals surface area contributed by atoms with Gasteiger partial charge in [0.15, 0.2) is 0 Å². The third kappa shape index (κ3) is 2.29. The monoisotopic (exact) mass is 184 g/mol. The molecule has 0 aliphatic heterocycles. The number of nitrogens with zero attached hydrogens (tertiary/aromatic N) is 1. The van der Waals surface area contributed by atoms with Crippen molar-refractivity contribution in [1.29, 1.82) is 0 Å². The van der Waals surface area contributed by atoms with E-state index in [2.05, 4.69) is 9.97 Å². The van der Waals surface area contributed by atoms with Crippen LogP contribution in [-0.2, 0) is 16.9 Å². The van der Waals surface area contributed by atoms with Crippen LogP contribution < -0.4 is 0 Å². The van der Waals surface area contributed by atoms with Crippen LogP contribution in [-0.4, -0.2) is 21.7 Å². The summed E-state index contributed by atoms with van der Waals surface area (Å²) in [6, 6.07) is 0. The first-order valence-electron chi connectivity index (χ1n) is 4.39. The average Bonchev–Trinajstić information content (AvgIpc) is 2.52. The molecule has 0 amide bonds. The van der Waals surface area contributed by atoms with Gasteiger partial charge in [0, 0.05) is 6.61 Å². The Morgan fingerprint density at radius 3 is 2.77 bits per heavy atom. The maximum Gasteiger partial charge on any atom is 0.138 e.